The maximum absolute atomic E-state index is 10.8. The third kappa shape index (κ3) is 2.34. The first-order chi connectivity index (χ1) is 7.25. The maximum atomic E-state index is 10.8. The molecular formula is C11H12N2O2. The summed E-state index contributed by atoms with van der Waals surface area (Å²) in [6, 6.07) is 0. The highest BCUT2D eigenvalue weighted by molar-refractivity contribution is 5.90. The Labute approximate surface area is 87.5 Å². The van der Waals surface area contributed by atoms with Crippen LogP contribution in [0.2, 0.25) is 0 Å². The van der Waals surface area contributed by atoms with E-state index in [1.807, 2.05) is 6.08 Å². The fourth-order valence-corrected chi connectivity index (χ4v) is 1.50. The number of carbonyl (C=O) groups excluding carboxylic acids is 1. The largest absolute Gasteiger partial charge is 0.448 e. The standard InChI is InChI=1S/C11H12N2O2/c12-11(14)9-7-15-10(13-9)6-8-4-2-1-3-5-8/h1-2,4,7H,3,5-6H2,(H2,12,14). The van der Waals surface area contributed by atoms with Crippen LogP contribution in [-0.2, 0) is 6.42 Å². The van der Waals surface area contributed by atoms with Crippen LogP contribution in [-0.4, -0.2) is 10.9 Å². The van der Waals surface area contributed by atoms with E-state index in [1.54, 1.807) is 0 Å². The van der Waals surface area contributed by atoms with E-state index < -0.39 is 5.91 Å². The molecule has 0 fully saturated rings. The minimum Gasteiger partial charge on any atom is -0.448 e. The Morgan fingerprint density at radius 3 is 3.07 bits per heavy atom. The molecule has 4 heteroatoms. The summed E-state index contributed by atoms with van der Waals surface area (Å²) < 4.78 is 5.15. The molecule has 15 heavy (non-hydrogen) atoms. The molecule has 0 aliphatic heterocycles. The third-order valence-electron chi connectivity index (χ3n) is 2.28. The number of nitrogens with two attached hydrogens (primary N) is 1. The van der Waals surface area contributed by atoms with Gasteiger partial charge in [0, 0.05) is 6.42 Å². The van der Waals surface area contributed by atoms with Gasteiger partial charge in [-0.1, -0.05) is 23.8 Å². The molecule has 0 aromatic carbocycles. The van der Waals surface area contributed by atoms with Crippen molar-refractivity contribution in [3.8, 4) is 0 Å². The molecule has 78 valence electrons. The van der Waals surface area contributed by atoms with Crippen LogP contribution in [0, 0.1) is 0 Å². The van der Waals surface area contributed by atoms with Gasteiger partial charge in [0.15, 0.2) is 11.6 Å². The number of hydrogen-bond acceptors (Lipinski definition) is 3. The van der Waals surface area contributed by atoms with Crippen molar-refractivity contribution in [2.45, 2.75) is 19.3 Å². The zero-order valence-electron chi connectivity index (χ0n) is 8.27. The van der Waals surface area contributed by atoms with E-state index in [2.05, 4.69) is 17.1 Å². The van der Waals surface area contributed by atoms with E-state index >= 15 is 0 Å². The van der Waals surface area contributed by atoms with Gasteiger partial charge in [-0.2, -0.15) is 0 Å². The molecular weight excluding hydrogens is 192 g/mol. The molecule has 0 saturated heterocycles. The Balaban J connectivity index is 2.07. The van der Waals surface area contributed by atoms with Gasteiger partial charge in [-0.3, -0.25) is 4.79 Å². The van der Waals surface area contributed by atoms with E-state index in [0.29, 0.717) is 12.3 Å². The Morgan fingerprint density at radius 1 is 1.60 bits per heavy atom. The summed E-state index contributed by atoms with van der Waals surface area (Å²) in [4.78, 5) is 14.8. The molecule has 0 radical (unpaired) electrons. The Bertz CT molecular complexity index is 430. The first kappa shape index (κ1) is 9.71. The number of carbonyl (C=O) groups is 1. The van der Waals surface area contributed by atoms with Gasteiger partial charge in [0.1, 0.15) is 6.26 Å². The van der Waals surface area contributed by atoms with Gasteiger partial charge < -0.3 is 10.2 Å². The van der Waals surface area contributed by atoms with E-state index in [1.165, 1.54) is 11.8 Å². The topological polar surface area (TPSA) is 69.1 Å². The van der Waals surface area contributed by atoms with Crippen LogP contribution < -0.4 is 5.73 Å². The smallest absolute Gasteiger partial charge is 0.270 e. The number of primary amides is 1. The molecule has 0 saturated carbocycles. The van der Waals surface area contributed by atoms with Crippen molar-refractivity contribution in [2.75, 3.05) is 0 Å². The quantitative estimate of drug-likeness (QED) is 0.812. The molecule has 0 bridgehead atoms. The lowest BCUT2D eigenvalue weighted by Crippen LogP contribution is -2.11. The summed E-state index contributed by atoms with van der Waals surface area (Å²) in [5.74, 6) is -0.00660. The second kappa shape index (κ2) is 4.13. The zero-order valence-corrected chi connectivity index (χ0v) is 8.27. The van der Waals surface area contributed by atoms with E-state index in [-0.39, 0.29) is 5.69 Å². The van der Waals surface area contributed by atoms with Gasteiger partial charge in [-0.15, -0.1) is 0 Å². The molecule has 0 spiro atoms. The Kier molecular flexibility index (Phi) is 2.67. The summed E-state index contributed by atoms with van der Waals surface area (Å²) in [5, 5.41) is 0. The Morgan fingerprint density at radius 2 is 2.47 bits per heavy atom. The summed E-state index contributed by atoms with van der Waals surface area (Å²) in [6.07, 6.45) is 10.2. The highest BCUT2D eigenvalue weighted by atomic mass is 16.3. The van der Waals surface area contributed by atoms with Crippen molar-refractivity contribution in [2.24, 2.45) is 5.73 Å². The molecule has 2 rings (SSSR count). The minimum absolute atomic E-state index is 0.192. The highest BCUT2D eigenvalue weighted by Crippen LogP contribution is 2.16. The normalized spacial score (nSPS) is 15.1. The number of amides is 1. The SMILES string of the molecule is NC(=O)c1coc(CC2=CC=CCC2)n1. The summed E-state index contributed by atoms with van der Waals surface area (Å²) in [5.41, 5.74) is 6.52. The average Bonchev–Trinajstić information content (AvgIpc) is 2.68. The van der Waals surface area contributed by atoms with Crippen LogP contribution >= 0.6 is 0 Å². The average molecular weight is 204 g/mol. The van der Waals surface area contributed by atoms with Crippen LogP contribution in [0.4, 0.5) is 0 Å². The number of allylic oxidation sites excluding steroid dienone is 4. The monoisotopic (exact) mass is 204 g/mol. The maximum Gasteiger partial charge on any atom is 0.270 e. The van der Waals surface area contributed by atoms with Crippen LogP contribution in [0.3, 0.4) is 0 Å². The Hall–Kier alpha value is -1.84. The van der Waals surface area contributed by atoms with Crippen LogP contribution in [0.15, 0.2) is 34.5 Å². The molecule has 1 aromatic heterocycles. The van der Waals surface area contributed by atoms with E-state index in [9.17, 15) is 4.79 Å². The lowest BCUT2D eigenvalue weighted by molar-refractivity contribution is 0.0995. The van der Waals surface area contributed by atoms with Gasteiger partial charge in [-0.25, -0.2) is 4.98 Å². The van der Waals surface area contributed by atoms with Gasteiger partial charge in [-0.05, 0) is 12.8 Å². The van der Waals surface area contributed by atoms with Crippen LogP contribution in [0.1, 0.15) is 29.2 Å². The fourth-order valence-electron chi connectivity index (χ4n) is 1.50. The lowest BCUT2D eigenvalue weighted by atomic mass is 10.0. The molecule has 1 aliphatic carbocycles. The van der Waals surface area contributed by atoms with Gasteiger partial charge in [0.25, 0.3) is 5.91 Å². The predicted octanol–water partition coefficient (Wildman–Crippen LogP) is 1.59. The van der Waals surface area contributed by atoms with E-state index in [4.69, 9.17) is 10.2 Å². The van der Waals surface area contributed by atoms with Gasteiger partial charge in [0.05, 0.1) is 0 Å². The van der Waals surface area contributed by atoms with Crippen molar-refractivity contribution in [1.29, 1.82) is 0 Å². The number of aromatic nitrogens is 1. The molecule has 1 heterocycles. The highest BCUT2D eigenvalue weighted by Gasteiger charge is 2.10. The first-order valence-electron chi connectivity index (χ1n) is 4.84. The summed E-state index contributed by atoms with van der Waals surface area (Å²) in [7, 11) is 0. The molecule has 0 atom stereocenters. The van der Waals surface area contributed by atoms with Crippen molar-refractivity contribution >= 4 is 5.91 Å². The molecule has 0 unspecified atom stereocenters. The molecule has 1 aliphatic rings. The summed E-state index contributed by atoms with van der Waals surface area (Å²) >= 11 is 0. The second-order valence-corrected chi connectivity index (χ2v) is 3.46. The molecule has 1 aromatic rings. The van der Waals surface area contributed by atoms with Gasteiger partial charge in [0.2, 0.25) is 0 Å². The molecule has 2 N–H and O–H groups in total. The molecule has 1 amide bonds. The lowest BCUT2D eigenvalue weighted by Gasteiger charge is -2.05. The second-order valence-electron chi connectivity index (χ2n) is 3.46. The van der Waals surface area contributed by atoms with Crippen molar-refractivity contribution in [1.82, 2.24) is 4.98 Å². The van der Waals surface area contributed by atoms with Gasteiger partial charge >= 0.3 is 0 Å². The van der Waals surface area contributed by atoms with Crippen molar-refractivity contribution < 1.29 is 9.21 Å². The fraction of sp³-hybridized carbons (Fsp3) is 0.273. The van der Waals surface area contributed by atoms with Crippen molar-refractivity contribution in [3.05, 3.63) is 41.6 Å². The van der Waals surface area contributed by atoms with Crippen LogP contribution in [0.25, 0.3) is 0 Å². The third-order valence-corrected chi connectivity index (χ3v) is 2.28. The number of oxazole rings is 1. The number of hydrogen-bond donors (Lipinski definition) is 1. The predicted molar refractivity (Wildman–Crippen MR) is 55.2 cm³/mol. The van der Waals surface area contributed by atoms with E-state index in [0.717, 1.165) is 12.8 Å². The summed E-state index contributed by atoms with van der Waals surface area (Å²) in [6.45, 7) is 0. The number of rotatable bonds is 3. The zero-order chi connectivity index (χ0) is 10.7. The first-order valence-corrected chi connectivity index (χ1v) is 4.84. The van der Waals surface area contributed by atoms with Crippen molar-refractivity contribution in [3.63, 3.8) is 0 Å². The molecule has 4 nitrogen and oxygen atoms in total. The van der Waals surface area contributed by atoms with Crippen LogP contribution in [0.5, 0.6) is 0 Å². The number of nitrogens with zero attached hydrogens (tertiary/aromatic N) is 1. The minimum atomic E-state index is -0.553.